The average Bonchev–Trinajstić information content (AvgIpc) is 3.11. The van der Waals surface area contributed by atoms with Gasteiger partial charge in [0.05, 0.1) is 18.2 Å². The molecule has 0 bridgehead atoms. The van der Waals surface area contributed by atoms with Crippen LogP contribution in [0.1, 0.15) is 40.9 Å². The molecule has 1 aliphatic rings. The number of carbonyl (C=O) groups excluding carboxylic acids is 2. The van der Waals surface area contributed by atoms with Gasteiger partial charge in [-0.05, 0) is 57.4 Å². The Bertz CT molecular complexity index is 1180. The molecule has 2 amide bonds. The fourth-order valence-electron chi connectivity index (χ4n) is 4.39. The van der Waals surface area contributed by atoms with Gasteiger partial charge in [0, 0.05) is 36.1 Å². The van der Waals surface area contributed by atoms with Gasteiger partial charge in [0.25, 0.3) is 0 Å². The molecule has 1 fully saturated rings. The van der Waals surface area contributed by atoms with Gasteiger partial charge in [0.2, 0.25) is 11.8 Å². The van der Waals surface area contributed by atoms with Crippen LogP contribution in [0.3, 0.4) is 0 Å². The highest BCUT2D eigenvalue weighted by Crippen LogP contribution is 2.21. The summed E-state index contributed by atoms with van der Waals surface area (Å²) in [4.78, 5) is 27.4. The number of para-hydroxylation sites is 1. The molecule has 3 aromatic rings. The molecule has 1 aliphatic heterocycles. The summed E-state index contributed by atoms with van der Waals surface area (Å²) in [7, 11) is 0. The summed E-state index contributed by atoms with van der Waals surface area (Å²) in [6, 6.07) is 17.9. The second kappa shape index (κ2) is 10.5. The fourth-order valence-corrected chi connectivity index (χ4v) is 4.39. The van der Waals surface area contributed by atoms with E-state index >= 15 is 0 Å². The van der Waals surface area contributed by atoms with E-state index in [1.165, 1.54) is 11.1 Å². The Morgan fingerprint density at radius 3 is 2.53 bits per heavy atom. The molecule has 0 saturated carbocycles. The van der Waals surface area contributed by atoms with Gasteiger partial charge >= 0.3 is 0 Å². The number of hydrogen-bond donors (Lipinski definition) is 1. The molecule has 4 rings (SSSR count). The van der Waals surface area contributed by atoms with Crippen LogP contribution in [0, 0.1) is 26.7 Å². The molecule has 1 unspecified atom stereocenters. The number of likely N-dealkylation sites (tertiary alicyclic amines) is 1. The van der Waals surface area contributed by atoms with Crippen LogP contribution in [0.25, 0.3) is 6.08 Å². The molecule has 2 aromatic carbocycles. The standard InChI is InChI=1S/C28H32N4O2/c1-20-11-13-23(14-12-20)18-32-22(3)26(21(2)30-32)15-16-27(33)31-17-7-8-24(19-31)28(34)29-25-9-5-4-6-10-25/h4-6,9-16,24H,7-8,17-19H2,1-3H3,(H,29,34)/b16-15+. The molecule has 1 aromatic heterocycles. The van der Waals surface area contributed by atoms with Gasteiger partial charge in [-0.3, -0.25) is 14.3 Å². The summed E-state index contributed by atoms with van der Waals surface area (Å²) in [6.07, 6.45) is 5.08. The lowest BCUT2D eigenvalue weighted by atomic mass is 9.97. The summed E-state index contributed by atoms with van der Waals surface area (Å²) in [5, 5.41) is 7.64. The fraction of sp³-hybridized carbons (Fsp3) is 0.321. The summed E-state index contributed by atoms with van der Waals surface area (Å²) in [6.45, 7) is 7.87. The highest BCUT2D eigenvalue weighted by Gasteiger charge is 2.27. The van der Waals surface area contributed by atoms with Crippen molar-refractivity contribution < 1.29 is 9.59 Å². The number of aryl methyl sites for hydroxylation is 2. The van der Waals surface area contributed by atoms with Crippen LogP contribution in [-0.2, 0) is 16.1 Å². The third-order valence-corrected chi connectivity index (χ3v) is 6.43. The largest absolute Gasteiger partial charge is 0.338 e. The molecule has 34 heavy (non-hydrogen) atoms. The number of nitrogens with one attached hydrogen (secondary N) is 1. The molecule has 0 aliphatic carbocycles. The minimum absolute atomic E-state index is 0.0308. The average molecular weight is 457 g/mol. The molecular weight excluding hydrogens is 424 g/mol. The van der Waals surface area contributed by atoms with Crippen molar-refractivity contribution in [3.05, 3.63) is 88.8 Å². The van der Waals surface area contributed by atoms with Crippen LogP contribution >= 0.6 is 0 Å². The van der Waals surface area contributed by atoms with Crippen LogP contribution in [-0.4, -0.2) is 39.6 Å². The van der Waals surface area contributed by atoms with Crippen molar-refractivity contribution in [2.45, 2.75) is 40.2 Å². The minimum atomic E-state index is -0.202. The van der Waals surface area contributed by atoms with Gasteiger partial charge in [-0.2, -0.15) is 5.10 Å². The highest BCUT2D eigenvalue weighted by atomic mass is 16.2. The lowest BCUT2D eigenvalue weighted by Crippen LogP contribution is -2.43. The van der Waals surface area contributed by atoms with Crippen LogP contribution < -0.4 is 5.32 Å². The first-order valence-corrected chi connectivity index (χ1v) is 11.8. The molecule has 6 nitrogen and oxygen atoms in total. The number of anilines is 1. The molecule has 1 saturated heterocycles. The van der Waals surface area contributed by atoms with Crippen molar-refractivity contribution in [2.24, 2.45) is 5.92 Å². The normalized spacial score (nSPS) is 16.1. The maximum Gasteiger partial charge on any atom is 0.246 e. The van der Waals surface area contributed by atoms with E-state index in [0.717, 1.165) is 35.5 Å². The minimum Gasteiger partial charge on any atom is -0.338 e. The van der Waals surface area contributed by atoms with Crippen molar-refractivity contribution in [1.29, 1.82) is 0 Å². The first-order chi connectivity index (χ1) is 16.4. The number of nitrogens with zero attached hydrogens (tertiary/aromatic N) is 3. The first-order valence-electron chi connectivity index (χ1n) is 11.8. The van der Waals surface area contributed by atoms with Crippen molar-refractivity contribution in [2.75, 3.05) is 18.4 Å². The molecule has 176 valence electrons. The number of piperidine rings is 1. The van der Waals surface area contributed by atoms with E-state index in [9.17, 15) is 9.59 Å². The lowest BCUT2D eigenvalue weighted by molar-refractivity contribution is -0.130. The molecule has 6 heteroatoms. The van der Waals surface area contributed by atoms with Gasteiger partial charge in [-0.1, -0.05) is 48.0 Å². The van der Waals surface area contributed by atoms with E-state index in [0.29, 0.717) is 19.6 Å². The zero-order valence-corrected chi connectivity index (χ0v) is 20.1. The number of aromatic nitrogens is 2. The third-order valence-electron chi connectivity index (χ3n) is 6.43. The lowest BCUT2D eigenvalue weighted by Gasteiger charge is -2.31. The summed E-state index contributed by atoms with van der Waals surface area (Å²) < 4.78 is 1.98. The molecule has 1 atom stereocenters. The number of rotatable bonds is 6. The predicted octanol–water partition coefficient (Wildman–Crippen LogP) is 4.75. The topological polar surface area (TPSA) is 67.2 Å². The van der Waals surface area contributed by atoms with Crippen molar-refractivity contribution in [3.63, 3.8) is 0 Å². The maximum atomic E-state index is 12.9. The maximum absolute atomic E-state index is 12.9. The van der Waals surface area contributed by atoms with Crippen LogP contribution in [0.15, 0.2) is 60.7 Å². The zero-order chi connectivity index (χ0) is 24.1. The SMILES string of the molecule is Cc1ccc(Cn2nc(C)c(/C=C/C(=O)N3CCCC(C(=O)Nc4ccccc4)C3)c2C)cc1. The zero-order valence-electron chi connectivity index (χ0n) is 20.1. The number of amides is 2. The Kier molecular flexibility index (Phi) is 7.26. The van der Waals surface area contributed by atoms with Crippen LogP contribution in [0.2, 0.25) is 0 Å². The second-order valence-electron chi connectivity index (χ2n) is 9.04. The van der Waals surface area contributed by atoms with E-state index in [1.54, 1.807) is 11.0 Å². The van der Waals surface area contributed by atoms with Crippen molar-refractivity contribution in [3.8, 4) is 0 Å². The van der Waals surface area contributed by atoms with Crippen LogP contribution in [0.4, 0.5) is 5.69 Å². The summed E-state index contributed by atoms with van der Waals surface area (Å²) in [5.41, 5.74) is 6.10. The highest BCUT2D eigenvalue weighted by molar-refractivity contribution is 5.95. The van der Waals surface area contributed by atoms with Crippen LogP contribution in [0.5, 0.6) is 0 Å². The van der Waals surface area contributed by atoms with E-state index in [-0.39, 0.29) is 17.7 Å². The molecule has 0 radical (unpaired) electrons. The van der Waals surface area contributed by atoms with E-state index in [1.807, 2.05) is 54.9 Å². The molecule has 2 heterocycles. The Hall–Kier alpha value is -3.67. The second-order valence-corrected chi connectivity index (χ2v) is 9.04. The predicted molar refractivity (Wildman–Crippen MR) is 135 cm³/mol. The summed E-state index contributed by atoms with van der Waals surface area (Å²) >= 11 is 0. The first kappa shape index (κ1) is 23.5. The Morgan fingerprint density at radius 1 is 1.06 bits per heavy atom. The number of carbonyl (C=O) groups is 2. The van der Waals surface area contributed by atoms with E-state index < -0.39 is 0 Å². The van der Waals surface area contributed by atoms with E-state index in [4.69, 9.17) is 0 Å². The Morgan fingerprint density at radius 2 is 1.79 bits per heavy atom. The monoisotopic (exact) mass is 456 g/mol. The Labute approximate surface area is 201 Å². The smallest absolute Gasteiger partial charge is 0.246 e. The Balaban J connectivity index is 1.39. The van der Waals surface area contributed by atoms with Crippen molar-refractivity contribution in [1.82, 2.24) is 14.7 Å². The van der Waals surface area contributed by atoms with Gasteiger partial charge in [-0.25, -0.2) is 0 Å². The molecule has 1 N–H and O–H groups in total. The van der Waals surface area contributed by atoms with Gasteiger partial charge in [0.15, 0.2) is 0 Å². The molecule has 0 spiro atoms. The number of benzene rings is 2. The third kappa shape index (κ3) is 5.63. The van der Waals surface area contributed by atoms with Gasteiger partial charge in [-0.15, -0.1) is 0 Å². The van der Waals surface area contributed by atoms with E-state index in [2.05, 4.69) is 41.6 Å². The summed E-state index contributed by atoms with van der Waals surface area (Å²) in [5.74, 6) is -0.300. The quantitative estimate of drug-likeness (QED) is 0.545. The molecular formula is C28H32N4O2. The van der Waals surface area contributed by atoms with Gasteiger partial charge < -0.3 is 10.2 Å². The van der Waals surface area contributed by atoms with Crippen molar-refractivity contribution >= 4 is 23.6 Å². The number of hydrogen-bond acceptors (Lipinski definition) is 3. The van der Waals surface area contributed by atoms with Gasteiger partial charge in [0.1, 0.15) is 0 Å².